The number of carbonyl (C=O) groups excluding carboxylic acids is 4. The summed E-state index contributed by atoms with van der Waals surface area (Å²) in [6.07, 6.45) is -3.37. The van der Waals surface area contributed by atoms with E-state index in [1.165, 1.54) is 27.7 Å². The molecule has 0 spiro atoms. The van der Waals surface area contributed by atoms with E-state index in [0.717, 1.165) is 11.8 Å². The van der Waals surface area contributed by atoms with Gasteiger partial charge in [-0.3, -0.25) is 19.2 Å². The number of amides is 1. The average Bonchev–Trinajstić information content (AvgIpc) is 3.26. The van der Waals surface area contributed by atoms with Crippen LogP contribution in [0.1, 0.15) is 40.4 Å². The van der Waals surface area contributed by atoms with Crippen LogP contribution in [-0.2, 0) is 51.3 Å². The highest BCUT2D eigenvalue weighted by atomic mass is 35.5. The molecule has 2 heterocycles. The molecule has 0 radical (unpaired) electrons. The van der Waals surface area contributed by atoms with Gasteiger partial charge in [0.2, 0.25) is 5.91 Å². The molecule has 0 aliphatic carbocycles. The number of hydrogen-bond donors (Lipinski definition) is 1. The zero-order valence-corrected chi connectivity index (χ0v) is 24.2. The largest absolute Gasteiger partial charge is 0.486 e. The van der Waals surface area contributed by atoms with Crippen LogP contribution in [0.25, 0.3) is 0 Å². The van der Waals surface area contributed by atoms with E-state index in [1.54, 1.807) is 28.8 Å². The van der Waals surface area contributed by atoms with Crippen LogP contribution in [0.4, 0.5) is 0 Å². The average molecular weight is 599 g/mol. The first-order valence-electron chi connectivity index (χ1n) is 12.4. The molecule has 13 nitrogen and oxygen atoms in total. The molecule has 3 rings (SSSR count). The Kier molecular flexibility index (Phi) is 11.2. The Balaban J connectivity index is 1.92. The summed E-state index contributed by atoms with van der Waals surface area (Å²) >= 11 is 7.04. The first-order chi connectivity index (χ1) is 19.0. The highest BCUT2D eigenvalue weighted by Gasteiger charge is 2.51. The number of nitrogens with one attached hydrogen (secondary N) is 1. The van der Waals surface area contributed by atoms with Gasteiger partial charge in [-0.05, 0) is 31.2 Å². The quantitative estimate of drug-likeness (QED) is 0.298. The van der Waals surface area contributed by atoms with Gasteiger partial charge in [-0.15, -0.1) is 10.2 Å². The molecular formula is C25H31ClN4O9S. The highest BCUT2D eigenvalue weighted by Crippen LogP contribution is 2.36. The summed E-state index contributed by atoms with van der Waals surface area (Å²) in [5, 5.41) is 12.3. The summed E-state index contributed by atoms with van der Waals surface area (Å²) in [6.45, 7) is 7.07. The molecule has 1 amide bonds. The van der Waals surface area contributed by atoms with Gasteiger partial charge in [0, 0.05) is 39.3 Å². The van der Waals surface area contributed by atoms with Crippen molar-refractivity contribution in [3.05, 3.63) is 35.1 Å². The Morgan fingerprint density at radius 3 is 2.23 bits per heavy atom. The van der Waals surface area contributed by atoms with E-state index in [0.29, 0.717) is 28.3 Å². The Bertz CT molecular complexity index is 1210. The van der Waals surface area contributed by atoms with E-state index in [-0.39, 0.29) is 13.2 Å². The molecule has 1 fully saturated rings. The molecule has 0 saturated carbocycles. The second kappa shape index (κ2) is 14.3. The van der Waals surface area contributed by atoms with E-state index in [1.807, 2.05) is 6.92 Å². The monoisotopic (exact) mass is 598 g/mol. The number of thioether (sulfide) groups is 1. The zero-order valence-electron chi connectivity index (χ0n) is 22.6. The van der Waals surface area contributed by atoms with Gasteiger partial charge in [-0.2, -0.15) is 0 Å². The lowest BCUT2D eigenvalue weighted by atomic mass is 9.97. The van der Waals surface area contributed by atoms with Crippen LogP contribution in [0.15, 0.2) is 29.4 Å². The highest BCUT2D eigenvalue weighted by molar-refractivity contribution is 7.99. The lowest BCUT2D eigenvalue weighted by molar-refractivity contribution is -0.211. The predicted molar refractivity (Wildman–Crippen MR) is 141 cm³/mol. The summed E-state index contributed by atoms with van der Waals surface area (Å²) in [5.41, 5.74) is -0.917. The standard InChI is InChI=1S/C25H31ClN4O9S/c1-6-30-20(12-36-18-9-7-17(26)8-10-18)28-29-25(30)40-24-21(27-13(2)31)23(38-16(5)34)22(37-15(4)33)19(39-24)11-35-14(3)32/h7-10,19,21-24H,6,11-12H2,1-5H3,(H,27,31). The van der Waals surface area contributed by atoms with Crippen molar-refractivity contribution >= 4 is 47.2 Å². The fourth-order valence-electron chi connectivity index (χ4n) is 4.00. The van der Waals surface area contributed by atoms with Gasteiger partial charge >= 0.3 is 17.9 Å². The fraction of sp³-hybridized carbons (Fsp3) is 0.520. The lowest BCUT2D eigenvalue weighted by Gasteiger charge is -2.44. The Morgan fingerprint density at radius 2 is 1.65 bits per heavy atom. The SMILES string of the molecule is CCn1c(COc2ccc(Cl)cc2)nnc1SC1OC(COC(C)=O)C(OC(C)=O)C(OC(C)=O)C1NC(C)=O. The van der Waals surface area contributed by atoms with Crippen LogP contribution < -0.4 is 10.1 Å². The van der Waals surface area contributed by atoms with Crippen LogP contribution in [0.5, 0.6) is 5.75 Å². The van der Waals surface area contributed by atoms with Gasteiger partial charge < -0.3 is 33.6 Å². The Labute approximate surface area is 240 Å². The maximum atomic E-state index is 12.2. The summed E-state index contributed by atoms with van der Waals surface area (Å²) in [7, 11) is 0. The minimum absolute atomic E-state index is 0.114. The van der Waals surface area contributed by atoms with Crippen molar-refractivity contribution in [3.63, 3.8) is 0 Å². The lowest BCUT2D eigenvalue weighted by Crippen LogP contribution is -2.65. The predicted octanol–water partition coefficient (Wildman–Crippen LogP) is 2.28. The molecule has 0 bridgehead atoms. The number of nitrogens with zero attached hydrogens (tertiary/aromatic N) is 3. The van der Waals surface area contributed by atoms with Crippen molar-refractivity contribution in [3.8, 4) is 5.75 Å². The number of rotatable bonds is 11. The smallest absolute Gasteiger partial charge is 0.303 e. The number of hydrogen-bond acceptors (Lipinski definition) is 12. The second-order valence-electron chi connectivity index (χ2n) is 8.72. The van der Waals surface area contributed by atoms with Crippen LogP contribution >= 0.6 is 23.4 Å². The summed E-state index contributed by atoms with van der Waals surface area (Å²) in [5.74, 6) is -1.25. The topological polar surface area (TPSA) is 157 Å². The molecule has 1 aliphatic rings. The van der Waals surface area contributed by atoms with Crippen molar-refractivity contribution < 1.29 is 42.9 Å². The number of ether oxygens (including phenoxy) is 5. The van der Waals surface area contributed by atoms with E-state index < -0.39 is 53.6 Å². The summed E-state index contributed by atoms with van der Waals surface area (Å²) < 4.78 is 29.9. The zero-order chi connectivity index (χ0) is 29.4. The van der Waals surface area contributed by atoms with Gasteiger partial charge in [0.15, 0.2) is 23.2 Å². The molecule has 2 aromatic rings. The van der Waals surface area contributed by atoms with E-state index in [2.05, 4.69) is 15.5 Å². The number of benzene rings is 1. The first kappa shape index (κ1) is 31.2. The molecule has 1 aromatic heterocycles. The molecule has 40 heavy (non-hydrogen) atoms. The Hall–Kier alpha value is -3.36. The molecular weight excluding hydrogens is 568 g/mol. The molecule has 5 unspecified atom stereocenters. The van der Waals surface area contributed by atoms with Crippen molar-refractivity contribution in [1.82, 2.24) is 20.1 Å². The van der Waals surface area contributed by atoms with E-state index in [9.17, 15) is 19.2 Å². The number of esters is 3. The third-order valence-corrected chi connectivity index (χ3v) is 6.99. The molecule has 1 saturated heterocycles. The van der Waals surface area contributed by atoms with Gasteiger partial charge in [0.25, 0.3) is 0 Å². The van der Waals surface area contributed by atoms with Crippen LogP contribution in [0, 0.1) is 0 Å². The number of carbonyl (C=O) groups is 4. The Morgan fingerprint density at radius 1 is 1.00 bits per heavy atom. The molecule has 1 aliphatic heterocycles. The third kappa shape index (κ3) is 8.57. The number of halogens is 1. The number of aromatic nitrogens is 3. The third-order valence-electron chi connectivity index (χ3n) is 5.58. The first-order valence-corrected chi connectivity index (χ1v) is 13.6. The van der Waals surface area contributed by atoms with Gasteiger partial charge in [0.05, 0.1) is 0 Å². The molecule has 5 atom stereocenters. The molecule has 1 N–H and O–H groups in total. The van der Waals surface area contributed by atoms with Crippen LogP contribution in [-0.4, -0.2) is 75.0 Å². The molecule has 15 heteroatoms. The van der Waals surface area contributed by atoms with Crippen LogP contribution in [0.2, 0.25) is 5.02 Å². The maximum absolute atomic E-state index is 12.2. The van der Waals surface area contributed by atoms with Crippen molar-refractivity contribution in [2.24, 2.45) is 0 Å². The van der Waals surface area contributed by atoms with E-state index in [4.69, 9.17) is 35.3 Å². The van der Waals surface area contributed by atoms with Crippen LogP contribution in [0.3, 0.4) is 0 Å². The van der Waals surface area contributed by atoms with Gasteiger partial charge in [0.1, 0.15) is 36.5 Å². The fourth-order valence-corrected chi connectivity index (χ4v) is 5.36. The van der Waals surface area contributed by atoms with Crippen molar-refractivity contribution in [1.29, 1.82) is 0 Å². The summed E-state index contributed by atoms with van der Waals surface area (Å²) in [6, 6.07) is 5.91. The van der Waals surface area contributed by atoms with E-state index >= 15 is 0 Å². The normalized spacial score (nSPS) is 22.2. The minimum atomic E-state index is -1.18. The maximum Gasteiger partial charge on any atom is 0.303 e. The van der Waals surface area contributed by atoms with Gasteiger partial charge in [-0.1, -0.05) is 23.4 Å². The second-order valence-corrected chi connectivity index (χ2v) is 10.2. The van der Waals surface area contributed by atoms with Crippen molar-refractivity contribution in [2.45, 2.75) is 82.7 Å². The molecule has 218 valence electrons. The molecule has 1 aromatic carbocycles. The van der Waals surface area contributed by atoms with Gasteiger partial charge in [-0.25, -0.2) is 0 Å². The minimum Gasteiger partial charge on any atom is -0.486 e. The van der Waals surface area contributed by atoms with Crippen molar-refractivity contribution in [2.75, 3.05) is 6.61 Å². The summed E-state index contributed by atoms with van der Waals surface area (Å²) in [4.78, 5) is 47.7.